The van der Waals surface area contributed by atoms with Crippen molar-refractivity contribution in [2.45, 2.75) is 37.6 Å². The molecule has 2 aromatic rings. The van der Waals surface area contributed by atoms with E-state index < -0.39 is 5.97 Å². The van der Waals surface area contributed by atoms with E-state index in [4.69, 9.17) is 4.74 Å². The number of hydrogen-bond donors (Lipinski definition) is 1. The Morgan fingerprint density at radius 2 is 1.93 bits per heavy atom. The Labute approximate surface area is 173 Å². The van der Waals surface area contributed by atoms with E-state index in [1.165, 1.54) is 17.3 Å². The summed E-state index contributed by atoms with van der Waals surface area (Å²) in [7, 11) is 0. The topological polar surface area (TPSA) is 55.4 Å². The number of hydrogen-bond acceptors (Lipinski definition) is 4. The fourth-order valence-electron chi connectivity index (χ4n) is 2.52. The predicted molar refractivity (Wildman–Crippen MR) is 113 cm³/mol. The number of halogens is 1. The van der Waals surface area contributed by atoms with E-state index in [1.54, 1.807) is 0 Å². The van der Waals surface area contributed by atoms with Gasteiger partial charge in [0.25, 0.3) is 5.91 Å². The Hall–Kier alpha value is -1.79. The van der Waals surface area contributed by atoms with Crippen LogP contribution in [-0.2, 0) is 20.7 Å². The van der Waals surface area contributed by atoms with E-state index in [1.807, 2.05) is 50.2 Å². The van der Waals surface area contributed by atoms with Gasteiger partial charge in [0, 0.05) is 15.4 Å². The third-order valence-electron chi connectivity index (χ3n) is 3.96. The fraction of sp³-hybridized carbons (Fsp3) is 0.333. The number of nitrogens with one attached hydrogen (secondary N) is 1. The van der Waals surface area contributed by atoms with Crippen LogP contribution >= 0.6 is 27.7 Å². The summed E-state index contributed by atoms with van der Waals surface area (Å²) < 4.78 is 6.08. The number of carbonyl (C=O) groups is 2. The van der Waals surface area contributed by atoms with Crippen molar-refractivity contribution in [1.82, 2.24) is 5.32 Å². The molecule has 2 rings (SSSR count). The lowest BCUT2D eigenvalue weighted by molar-refractivity contribution is -0.146. The minimum absolute atomic E-state index is 0.0243. The quantitative estimate of drug-likeness (QED) is 0.451. The van der Waals surface area contributed by atoms with Crippen LogP contribution < -0.4 is 5.32 Å². The minimum Gasteiger partial charge on any atom is -0.455 e. The highest BCUT2D eigenvalue weighted by molar-refractivity contribution is 9.10. The minimum atomic E-state index is -0.394. The molecule has 0 fully saturated rings. The Morgan fingerprint density at radius 3 is 2.63 bits per heavy atom. The molecule has 0 bridgehead atoms. The van der Waals surface area contributed by atoms with Crippen LogP contribution in [0.3, 0.4) is 0 Å². The van der Waals surface area contributed by atoms with E-state index in [2.05, 4.69) is 33.4 Å². The molecule has 144 valence electrons. The first kappa shape index (κ1) is 21.5. The van der Waals surface area contributed by atoms with Gasteiger partial charge >= 0.3 is 5.97 Å². The number of benzene rings is 2. The van der Waals surface area contributed by atoms with Gasteiger partial charge in [-0.15, -0.1) is 11.8 Å². The molecule has 1 amide bonds. The summed E-state index contributed by atoms with van der Waals surface area (Å²) in [5.41, 5.74) is 2.33. The molecule has 0 radical (unpaired) electrons. The summed E-state index contributed by atoms with van der Waals surface area (Å²) in [6, 6.07) is 16.1. The molecule has 27 heavy (non-hydrogen) atoms. The van der Waals surface area contributed by atoms with E-state index >= 15 is 0 Å². The van der Waals surface area contributed by atoms with Crippen molar-refractivity contribution in [3.63, 3.8) is 0 Å². The zero-order chi connectivity index (χ0) is 19.6. The fourth-order valence-corrected chi connectivity index (χ4v) is 3.80. The second-order valence-corrected chi connectivity index (χ2v) is 8.28. The molecule has 0 aliphatic rings. The second kappa shape index (κ2) is 11.1. The lowest BCUT2D eigenvalue weighted by Crippen LogP contribution is -2.36. The zero-order valence-electron chi connectivity index (χ0n) is 15.5. The molecule has 0 unspecified atom stereocenters. The van der Waals surface area contributed by atoms with Gasteiger partial charge in [0.2, 0.25) is 0 Å². The first-order valence-electron chi connectivity index (χ1n) is 8.82. The van der Waals surface area contributed by atoms with Crippen LogP contribution in [0.5, 0.6) is 0 Å². The van der Waals surface area contributed by atoms with Gasteiger partial charge in [-0.05, 0) is 56.0 Å². The molecule has 1 atom stereocenters. The van der Waals surface area contributed by atoms with Crippen LogP contribution in [0, 0.1) is 6.92 Å². The van der Waals surface area contributed by atoms with Gasteiger partial charge < -0.3 is 10.1 Å². The van der Waals surface area contributed by atoms with E-state index in [9.17, 15) is 9.59 Å². The van der Waals surface area contributed by atoms with Crippen LogP contribution in [0.4, 0.5) is 0 Å². The van der Waals surface area contributed by atoms with Crippen molar-refractivity contribution < 1.29 is 14.3 Å². The molecule has 0 saturated heterocycles. The Balaban J connectivity index is 1.64. The molecule has 0 aliphatic heterocycles. The summed E-state index contributed by atoms with van der Waals surface area (Å²) in [5.74, 6) is -0.484. The van der Waals surface area contributed by atoms with Crippen molar-refractivity contribution in [1.29, 1.82) is 0 Å². The Morgan fingerprint density at radius 1 is 1.19 bits per heavy atom. The van der Waals surface area contributed by atoms with Gasteiger partial charge in [0.15, 0.2) is 6.61 Å². The van der Waals surface area contributed by atoms with Crippen LogP contribution in [0.25, 0.3) is 0 Å². The number of carbonyl (C=O) groups excluding carboxylic acids is 2. The number of thioether (sulfide) groups is 1. The lowest BCUT2D eigenvalue weighted by atomic mass is 10.1. The Bertz CT molecular complexity index is 767. The zero-order valence-corrected chi connectivity index (χ0v) is 17.9. The average Bonchev–Trinajstić information content (AvgIpc) is 2.65. The summed E-state index contributed by atoms with van der Waals surface area (Å²) in [6.45, 7) is 3.70. The first-order valence-corrected chi connectivity index (χ1v) is 10.6. The molecular weight excluding hydrogens is 426 g/mol. The second-order valence-electron chi connectivity index (χ2n) is 6.35. The largest absolute Gasteiger partial charge is 0.455 e. The van der Waals surface area contributed by atoms with E-state index in [-0.39, 0.29) is 24.3 Å². The number of aryl methyl sites for hydroxylation is 2. The van der Waals surface area contributed by atoms with Crippen molar-refractivity contribution in [2.24, 2.45) is 0 Å². The van der Waals surface area contributed by atoms with Gasteiger partial charge in [-0.2, -0.15) is 0 Å². The summed E-state index contributed by atoms with van der Waals surface area (Å²) in [4.78, 5) is 24.8. The highest BCUT2D eigenvalue weighted by Gasteiger charge is 2.12. The standard InChI is InChI=1S/C21H24BrNO3S/c1-15-12-18(22)10-11-19(15)27-14-21(25)26-13-20(24)23-16(2)8-9-17-6-4-3-5-7-17/h3-7,10-12,16H,8-9,13-14H2,1-2H3,(H,23,24)/t16-/m1/s1. The molecule has 6 heteroatoms. The van der Waals surface area contributed by atoms with Crippen LogP contribution in [0.1, 0.15) is 24.5 Å². The van der Waals surface area contributed by atoms with Crippen molar-refractivity contribution in [3.8, 4) is 0 Å². The van der Waals surface area contributed by atoms with Gasteiger partial charge in [-0.1, -0.05) is 46.3 Å². The third-order valence-corrected chi connectivity index (χ3v) is 5.61. The maximum absolute atomic E-state index is 11.9. The van der Waals surface area contributed by atoms with E-state index in [0.29, 0.717) is 0 Å². The van der Waals surface area contributed by atoms with Gasteiger partial charge in [-0.3, -0.25) is 9.59 Å². The molecule has 0 saturated carbocycles. The molecule has 0 heterocycles. The number of rotatable bonds is 9. The molecule has 1 N–H and O–H groups in total. The van der Waals surface area contributed by atoms with Gasteiger partial charge in [-0.25, -0.2) is 0 Å². The smallest absolute Gasteiger partial charge is 0.316 e. The summed E-state index contributed by atoms with van der Waals surface area (Å²) in [6.07, 6.45) is 1.73. The monoisotopic (exact) mass is 449 g/mol. The number of ether oxygens (including phenoxy) is 1. The molecule has 0 aromatic heterocycles. The number of amides is 1. The molecule has 0 aliphatic carbocycles. The normalized spacial score (nSPS) is 11.7. The first-order chi connectivity index (χ1) is 12.9. The lowest BCUT2D eigenvalue weighted by Gasteiger charge is -2.14. The SMILES string of the molecule is Cc1cc(Br)ccc1SCC(=O)OCC(=O)N[C@H](C)CCc1ccccc1. The molecular formula is C21H24BrNO3S. The highest BCUT2D eigenvalue weighted by Crippen LogP contribution is 2.25. The maximum Gasteiger partial charge on any atom is 0.316 e. The highest BCUT2D eigenvalue weighted by atomic mass is 79.9. The van der Waals surface area contributed by atoms with Crippen molar-refractivity contribution in [3.05, 3.63) is 64.1 Å². The van der Waals surface area contributed by atoms with Crippen molar-refractivity contribution >= 4 is 39.6 Å². The number of esters is 1. The molecule has 2 aromatic carbocycles. The molecule has 4 nitrogen and oxygen atoms in total. The average molecular weight is 450 g/mol. The Kier molecular flexibility index (Phi) is 8.88. The summed E-state index contributed by atoms with van der Waals surface area (Å²) >= 11 is 4.82. The van der Waals surface area contributed by atoms with Gasteiger partial charge in [0.1, 0.15) is 0 Å². The van der Waals surface area contributed by atoms with Crippen LogP contribution in [0.2, 0.25) is 0 Å². The van der Waals surface area contributed by atoms with E-state index in [0.717, 1.165) is 27.8 Å². The molecule has 0 spiro atoms. The third kappa shape index (κ3) is 8.18. The van der Waals surface area contributed by atoms with Crippen molar-refractivity contribution in [2.75, 3.05) is 12.4 Å². The maximum atomic E-state index is 11.9. The van der Waals surface area contributed by atoms with Gasteiger partial charge in [0.05, 0.1) is 5.75 Å². The summed E-state index contributed by atoms with van der Waals surface area (Å²) in [5, 5.41) is 2.87. The predicted octanol–water partition coefficient (Wildman–Crippen LogP) is 4.53. The van der Waals surface area contributed by atoms with Crippen LogP contribution in [-0.4, -0.2) is 30.3 Å². The van der Waals surface area contributed by atoms with Crippen LogP contribution in [0.15, 0.2) is 57.9 Å².